The average molecular weight is 308 g/mol. The summed E-state index contributed by atoms with van der Waals surface area (Å²) >= 11 is 0. The molecule has 0 saturated carbocycles. The number of rotatable bonds is 5. The molecule has 1 aromatic heterocycles. The Hall–Kier alpha value is -2.05. The van der Waals surface area contributed by atoms with E-state index in [0.29, 0.717) is 5.96 Å². The first kappa shape index (κ1) is 18.0. The third kappa shape index (κ3) is 4.75. The molecular formula is C15H28N6O. The van der Waals surface area contributed by atoms with Gasteiger partial charge in [-0.15, -0.1) is 0 Å². The van der Waals surface area contributed by atoms with Gasteiger partial charge in [0.05, 0.1) is 12.2 Å². The highest BCUT2D eigenvalue weighted by molar-refractivity contribution is 5.86. The lowest BCUT2D eigenvalue weighted by molar-refractivity contribution is -0.127. The van der Waals surface area contributed by atoms with Crippen LogP contribution in [0, 0.1) is 13.8 Å². The average Bonchev–Trinajstić information content (AvgIpc) is 2.69. The first-order chi connectivity index (χ1) is 10.3. The van der Waals surface area contributed by atoms with E-state index in [9.17, 15) is 4.79 Å². The minimum absolute atomic E-state index is 0.00884. The van der Waals surface area contributed by atoms with Crippen LogP contribution in [0.3, 0.4) is 0 Å². The van der Waals surface area contributed by atoms with Gasteiger partial charge in [-0.05, 0) is 32.8 Å². The minimum Gasteiger partial charge on any atom is -0.354 e. The quantitative estimate of drug-likeness (QED) is 0.603. The zero-order valence-electron chi connectivity index (χ0n) is 14.7. The van der Waals surface area contributed by atoms with Crippen molar-refractivity contribution in [2.24, 2.45) is 12.0 Å². The van der Waals surface area contributed by atoms with Gasteiger partial charge >= 0.3 is 0 Å². The van der Waals surface area contributed by atoms with Crippen LogP contribution >= 0.6 is 0 Å². The van der Waals surface area contributed by atoms with Crippen molar-refractivity contribution in [2.45, 2.75) is 33.2 Å². The van der Waals surface area contributed by atoms with Crippen LogP contribution in [-0.2, 0) is 18.3 Å². The lowest BCUT2D eigenvalue weighted by atomic mass is 10.1. The highest BCUT2D eigenvalue weighted by atomic mass is 16.2. The van der Waals surface area contributed by atoms with Crippen LogP contribution in [0.1, 0.15) is 23.9 Å². The molecule has 1 unspecified atom stereocenters. The molecule has 0 saturated heterocycles. The molecule has 0 fully saturated rings. The normalized spacial score (nSPS) is 13.0. The first-order valence-electron chi connectivity index (χ1n) is 7.42. The maximum atomic E-state index is 11.6. The van der Waals surface area contributed by atoms with Crippen molar-refractivity contribution in [3.63, 3.8) is 0 Å². The number of amides is 1. The summed E-state index contributed by atoms with van der Waals surface area (Å²) in [7, 11) is 7.12. The molecular weight excluding hydrogens is 280 g/mol. The van der Waals surface area contributed by atoms with Crippen LogP contribution in [0.25, 0.3) is 0 Å². The number of nitrogens with one attached hydrogen (secondary N) is 2. The van der Waals surface area contributed by atoms with Gasteiger partial charge in [0.25, 0.3) is 0 Å². The number of hydrogen-bond donors (Lipinski definition) is 2. The van der Waals surface area contributed by atoms with Crippen LogP contribution in [-0.4, -0.2) is 60.3 Å². The zero-order valence-corrected chi connectivity index (χ0v) is 14.7. The van der Waals surface area contributed by atoms with Crippen molar-refractivity contribution in [3.05, 3.63) is 17.0 Å². The smallest absolute Gasteiger partial charge is 0.241 e. The standard InChI is InChI=1S/C15H28N6O/c1-10(8-13-11(2)19-21(7)12(13)3)18-15(16-4)17-9-14(22)20(5)6/h10H,8-9H2,1-7H3,(H2,16,17,18). The molecule has 0 aliphatic heterocycles. The van der Waals surface area contributed by atoms with E-state index in [1.54, 1.807) is 26.0 Å². The number of aromatic nitrogens is 2. The van der Waals surface area contributed by atoms with Crippen LogP contribution < -0.4 is 10.6 Å². The van der Waals surface area contributed by atoms with Gasteiger partial charge in [0.15, 0.2) is 5.96 Å². The Morgan fingerprint density at radius 2 is 2.05 bits per heavy atom. The molecule has 7 nitrogen and oxygen atoms in total. The van der Waals surface area contributed by atoms with Crippen molar-refractivity contribution in [1.82, 2.24) is 25.3 Å². The van der Waals surface area contributed by atoms with E-state index in [2.05, 4.69) is 34.6 Å². The number of aliphatic imine (C=N–C) groups is 1. The van der Waals surface area contributed by atoms with Gasteiger partial charge in [-0.25, -0.2) is 0 Å². The molecule has 0 spiro atoms. The summed E-state index contributed by atoms with van der Waals surface area (Å²) in [4.78, 5) is 17.3. The number of aryl methyl sites for hydroxylation is 2. The third-order valence-electron chi connectivity index (χ3n) is 3.68. The Morgan fingerprint density at radius 3 is 2.50 bits per heavy atom. The van der Waals surface area contributed by atoms with Crippen molar-refractivity contribution >= 4 is 11.9 Å². The van der Waals surface area contributed by atoms with Crippen LogP contribution in [0.2, 0.25) is 0 Å². The Bertz CT molecular complexity index is 546. The van der Waals surface area contributed by atoms with Gasteiger partial charge in [0, 0.05) is 39.9 Å². The summed E-state index contributed by atoms with van der Waals surface area (Å²) in [5.41, 5.74) is 3.48. The lowest BCUT2D eigenvalue weighted by Gasteiger charge is -2.19. The number of nitrogens with zero attached hydrogens (tertiary/aromatic N) is 4. The van der Waals surface area contributed by atoms with E-state index in [4.69, 9.17) is 0 Å². The van der Waals surface area contributed by atoms with Gasteiger partial charge < -0.3 is 15.5 Å². The van der Waals surface area contributed by atoms with Crippen molar-refractivity contribution in [2.75, 3.05) is 27.7 Å². The third-order valence-corrected chi connectivity index (χ3v) is 3.68. The maximum Gasteiger partial charge on any atom is 0.241 e. The Morgan fingerprint density at radius 1 is 1.41 bits per heavy atom. The second kappa shape index (κ2) is 7.82. The van der Waals surface area contributed by atoms with E-state index in [-0.39, 0.29) is 18.5 Å². The van der Waals surface area contributed by atoms with E-state index in [0.717, 1.165) is 12.1 Å². The fraction of sp³-hybridized carbons (Fsp3) is 0.667. The van der Waals surface area contributed by atoms with Gasteiger partial charge in [-0.1, -0.05) is 0 Å². The molecule has 0 aliphatic carbocycles. The second-order valence-corrected chi connectivity index (χ2v) is 5.74. The summed E-state index contributed by atoms with van der Waals surface area (Å²) in [6, 6.07) is 0.183. The number of hydrogen-bond acceptors (Lipinski definition) is 3. The molecule has 1 amide bonds. The fourth-order valence-corrected chi connectivity index (χ4v) is 2.22. The summed E-state index contributed by atoms with van der Waals surface area (Å²) in [5, 5.41) is 10.8. The maximum absolute atomic E-state index is 11.6. The van der Waals surface area contributed by atoms with E-state index >= 15 is 0 Å². The zero-order chi connectivity index (χ0) is 16.9. The first-order valence-corrected chi connectivity index (χ1v) is 7.42. The Kier molecular flexibility index (Phi) is 6.39. The van der Waals surface area contributed by atoms with Gasteiger partial charge in [-0.3, -0.25) is 14.5 Å². The van der Waals surface area contributed by atoms with Gasteiger partial charge in [0.2, 0.25) is 5.91 Å². The molecule has 0 radical (unpaired) electrons. The number of likely N-dealkylation sites (N-methyl/N-ethyl adjacent to an activating group) is 1. The number of carbonyl (C=O) groups excluding carboxylic acids is 1. The Balaban J connectivity index is 2.59. The molecule has 22 heavy (non-hydrogen) atoms. The number of guanidine groups is 1. The van der Waals surface area contributed by atoms with Gasteiger partial charge in [-0.2, -0.15) is 5.10 Å². The van der Waals surface area contributed by atoms with E-state index < -0.39 is 0 Å². The summed E-state index contributed by atoms with van der Waals surface area (Å²) in [6.45, 7) is 6.42. The van der Waals surface area contributed by atoms with Crippen LogP contribution in [0.5, 0.6) is 0 Å². The second-order valence-electron chi connectivity index (χ2n) is 5.74. The number of carbonyl (C=O) groups is 1. The molecule has 1 heterocycles. The molecule has 2 N–H and O–H groups in total. The molecule has 0 bridgehead atoms. The molecule has 124 valence electrons. The summed E-state index contributed by atoms with van der Waals surface area (Å²) in [5.74, 6) is 0.636. The van der Waals surface area contributed by atoms with Gasteiger partial charge in [0.1, 0.15) is 0 Å². The van der Waals surface area contributed by atoms with Crippen molar-refractivity contribution in [3.8, 4) is 0 Å². The fourth-order valence-electron chi connectivity index (χ4n) is 2.22. The van der Waals surface area contributed by atoms with E-state index in [1.165, 1.54) is 11.3 Å². The van der Waals surface area contributed by atoms with Crippen molar-refractivity contribution in [1.29, 1.82) is 0 Å². The van der Waals surface area contributed by atoms with Crippen LogP contribution in [0.4, 0.5) is 0 Å². The lowest BCUT2D eigenvalue weighted by Crippen LogP contribution is -2.46. The molecule has 0 aromatic carbocycles. The molecule has 1 aromatic rings. The molecule has 7 heteroatoms. The highest BCUT2D eigenvalue weighted by Crippen LogP contribution is 2.13. The Labute approximate surface area is 132 Å². The van der Waals surface area contributed by atoms with Crippen molar-refractivity contribution < 1.29 is 4.79 Å². The molecule has 1 atom stereocenters. The SMILES string of the molecule is CN=C(NCC(=O)N(C)C)NC(C)Cc1c(C)nn(C)c1C. The molecule has 1 rings (SSSR count). The topological polar surface area (TPSA) is 74.6 Å². The minimum atomic E-state index is 0.00884. The molecule has 0 aliphatic rings. The summed E-state index contributed by atoms with van der Waals surface area (Å²) < 4.78 is 1.90. The van der Waals surface area contributed by atoms with E-state index in [1.807, 2.05) is 18.7 Å². The monoisotopic (exact) mass is 308 g/mol. The largest absolute Gasteiger partial charge is 0.354 e. The summed E-state index contributed by atoms with van der Waals surface area (Å²) in [6.07, 6.45) is 0.855. The predicted octanol–water partition coefficient (Wildman–Crippen LogP) is 0.221. The highest BCUT2D eigenvalue weighted by Gasteiger charge is 2.14. The van der Waals surface area contributed by atoms with Crippen LogP contribution in [0.15, 0.2) is 4.99 Å². The predicted molar refractivity (Wildman–Crippen MR) is 89.0 cm³/mol.